The van der Waals surface area contributed by atoms with E-state index in [0.717, 1.165) is 25.9 Å². The molecule has 0 aromatic rings. The Labute approximate surface area is 316 Å². The Hall–Kier alpha value is -0.680. The molecule has 0 atom stereocenters. The predicted molar refractivity (Wildman–Crippen MR) is 228 cm³/mol. The summed E-state index contributed by atoms with van der Waals surface area (Å²) in [4.78, 5) is 5.41. The molecule has 0 radical (unpaired) electrons. The maximum absolute atomic E-state index is 5.89. The van der Waals surface area contributed by atoms with Crippen LogP contribution in [0.2, 0.25) is 0 Å². The summed E-state index contributed by atoms with van der Waals surface area (Å²) in [5, 5.41) is 0. The molecule has 4 N–H and O–H groups in total. The Kier molecular flexibility index (Phi) is 43.9. The third kappa shape index (κ3) is 40.1. The van der Waals surface area contributed by atoms with E-state index in [4.69, 9.17) is 11.5 Å². The molecule has 4 heteroatoms. The molecule has 298 valence electrons. The minimum atomic E-state index is 0.813. The summed E-state index contributed by atoms with van der Waals surface area (Å²) in [5.74, 6) is 0. The zero-order valence-electron chi connectivity index (χ0n) is 34.6. The minimum Gasteiger partial charge on any atom is -0.330 e. The molecule has 0 spiro atoms. The molecular formula is C46H94N4. The van der Waals surface area contributed by atoms with Crippen molar-refractivity contribution in [2.75, 3.05) is 52.4 Å². The molecule has 4 nitrogen and oxygen atoms in total. The van der Waals surface area contributed by atoms with E-state index in [0.29, 0.717) is 0 Å². The van der Waals surface area contributed by atoms with E-state index in [2.05, 4.69) is 48.0 Å². The molecule has 0 rings (SSSR count). The van der Waals surface area contributed by atoms with E-state index in [1.54, 1.807) is 0 Å². The Bertz CT molecular complexity index is 607. The fourth-order valence-corrected chi connectivity index (χ4v) is 7.14. The summed E-state index contributed by atoms with van der Waals surface area (Å²) in [6.45, 7) is 13.6. The van der Waals surface area contributed by atoms with Crippen LogP contribution in [0.25, 0.3) is 0 Å². The van der Waals surface area contributed by atoms with Gasteiger partial charge in [0.2, 0.25) is 0 Å². The lowest BCUT2D eigenvalue weighted by atomic mass is 10.1. The quantitative estimate of drug-likeness (QED) is 0.0490. The Morgan fingerprint density at radius 3 is 0.780 bits per heavy atom. The summed E-state index contributed by atoms with van der Waals surface area (Å²) < 4.78 is 0. The van der Waals surface area contributed by atoms with Crippen molar-refractivity contribution in [2.45, 2.75) is 219 Å². The average Bonchev–Trinajstić information content (AvgIpc) is 3.13. The summed E-state index contributed by atoms with van der Waals surface area (Å²) in [6.07, 6.45) is 53.2. The molecule has 0 fully saturated rings. The first-order valence-electron chi connectivity index (χ1n) is 22.9. The van der Waals surface area contributed by atoms with E-state index in [-0.39, 0.29) is 0 Å². The number of allylic oxidation sites excluding steroid dienone is 4. The van der Waals surface area contributed by atoms with E-state index in [1.807, 2.05) is 0 Å². The monoisotopic (exact) mass is 703 g/mol. The van der Waals surface area contributed by atoms with Gasteiger partial charge in [-0.3, -0.25) is 0 Å². The van der Waals surface area contributed by atoms with E-state index in [9.17, 15) is 0 Å². The SMILES string of the molecule is CCCCCCCC/C=C\CCCCCCCCN(CCCN)CCCCN(CCCN)CCCCCCCC/C=C\CCCCCCCC. The highest BCUT2D eigenvalue weighted by molar-refractivity contribution is 4.82. The zero-order valence-corrected chi connectivity index (χ0v) is 34.6. The Morgan fingerprint density at radius 2 is 0.500 bits per heavy atom. The predicted octanol–water partition coefficient (Wildman–Crippen LogP) is 13.1. The third-order valence-electron chi connectivity index (χ3n) is 10.5. The maximum atomic E-state index is 5.89. The third-order valence-corrected chi connectivity index (χ3v) is 10.5. The molecule has 50 heavy (non-hydrogen) atoms. The number of hydrogen-bond acceptors (Lipinski definition) is 4. The zero-order chi connectivity index (χ0) is 36.3. The summed E-state index contributed by atoms with van der Waals surface area (Å²) in [6, 6.07) is 0. The summed E-state index contributed by atoms with van der Waals surface area (Å²) in [5.41, 5.74) is 11.8. The van der Waals surface area contributed by atoms with E-state index < -0.39 is 0 Å². The minimum absolute atomic E-state index is 0.813. The van der Waals surface area contributed by atoms with Crippen molar-refractivity contribution in [3.8, 4) is 0 Å². The van der Waals surface area contributed by atoms with Crippen LogP contribution in [0, 0.1) is 0 Å². The second kappa shape index (κ2) is 44.5. The van der Waals surface area contributed by atoms with Gasteiger partial charge in [0, 0.05) is 0 Å². The molecule has 0 aromatic heterocycles. The number of rotatable bonds is 43. The van der Waals surface area contributed by atoms with Crippen molar-refractivity contribution in [2.24, 2.45) is 11.5 Å². The fourth-order valence-electron chi connectivity index (χ4n) is 7.14. The molecule has 0 aliphatic heterocycles. The molecular weight excluding hydrogens is 609 g/mol. The van der Waals surface area contributed by atoms with Gasteiger partial charge < -0.3 is 21.3 Å². The molecule has 0 saturated heterocycles. The summed E-state index contributed by atoms with van der Waals surface area (Å²) >= 11 is 0. The van der Waals surface area contributed by atoms with Gasteiger partial charge in [-0.1, -0.05) is 154 Å². The van der Waals surface area contributed by atoms with Crippen molar-refractivity contribution in [3.05, 3.63) is 24.3 Å². The molecule has 0 aliphatic carbocycles. The van der Waals surface area contributed by atoms with Crippen LogP contribution in [0.1, 0.15) is 219 Å². The summed E-state index contributed by atoms with van der Waals surface area (Å²) in [7, 11) is 0. The van der Waals surface area contributed by atoms with Crippen molar-refractivity contribution in [1.29, 1.82) is 0 Å². The first-order valence-corrected chi connectivity index (χ1v) is 22.9. The molecule has 0 bridgehead atoms. The molecule has 0 aromatic carbocycles. The number of hydrogen-bond donors (Lipinski definition) is 2. The lowest BCUT2D eigenvalue weighted by molar-refractivity contribution is 0.233. The van der Waals surface area contributed by atoms with Gasteiger partial charge >= 0.3 is 0 Å². The first kappa shape index (κ1) is 49.3. The molecule has 0 unspecified atom stereocenters. The van der Waals surface area contributed by atoms with Gasteiger partial charge in [-0.15, -0.1) is 0 Å². The van der Waals surface area contributed by atoms with Crippen molar-refractivity contribution < 1.29 is 0 Å². The average molecular weight is 703 g/mol. The highest BCUT2D eigenvalue weighted by Crippen LogP contribution is 2.13. The normalized spacial score (nSPS) is 12.2. The second-order valence-electron chi connectivity index (χ2n) is 15.6. The van der Waals surface area contributed by atoms with Gasteiger partial charge in [-0.2, -0.15) is 0 Å². The maximum Gasteiger partial charge on any atom is -0.000672 e. The number of nitrogens with zero attached hydrogens (tertiary/aromatic N) is 2. The number of nitrogens with two attached hydrogens (primary N) is 2. The first-order chi connectivity index (χ1) is 24.8. The van der Waals surface area contributed by atoms with Crippen LogP contribution in [0.3, 0.4) is 0 Å². The fraction of sp³-hybridized carbons (Fsp3) is 0.913. The molecule has 0 aliphatic rings. The van der Waals surface area contributed by atoms with Gasteiger partial charge in [0.05, 0.1) is 0 Å². The highest BCUT2D eigenvalue weighted by atomic mass is 15.1. The van der Waals surface area contributed by atoms with Crippen LogP contribution in [-0.2, 0) is 0 Å². The highest BCUT2D eigenvalue weighted by Gasteiger charge is 2.07. The van der Waals surface area contributed by atoms with Crippen molar-refractivity contribution >= 4 is 0 Å². The van der Waals surface area contributed by atoms with Gasteiger partial charge in [0.1, 0.15) is 0 Å². The lowest BCUT2D eigenvalue weighted by Crippen LogP contribution is -2.31. The van der Waals surface area contributed by atoms with Crippen LogP contribution in [0.4, 0.5) is 0 Å². The Balaban J connectivity index is 3.88. The number of unbranched alkanes of at least 4 members (excludes halogenated alkanes) is 25. The van der Waals surface area contributed by atoms with Crippen LogP contribution < -0.4 is 11.5 Å². The standard InChI is InChI=1S/C46H94N4/c1-3-5-7-9-11-13-15-17-19-21-23-25-27-29-31-33-41-49(45-37-39-47)43-35-36-44-50(46-38-40-48)42-34-32-30-28-26-24-22-20-18-16-14-12-10-8-6-4-2/h17-20H,3-16,21-48H2,1-2H3/b19-17-,20-18-. The van der Waals surface area contributed by atoms with Gasteiger partial charge in [-0.25, -0.2) is 0 Å². The van der Waals surface area contributed by atoms with Gasteiger partial charge in [0.25, 0.3) is 0 Å². The van der Waals surface area contributed by atoms with E-state index >= 15 is 0 Å². The molecule has 0 saturated carbocycles. The van der Waals surface area contributed by atoms with E-state index in [1.165, 1.54) is 232 Å². The van der Waals surface area contributed by atoms with Crippen LogP contribution in [0.15, 0.2) is 24.3 Å². The molecule has 0 amide bonds. The van der Waals surface area contributed by atoms with Gasteiger partial charge in [-0.05, 0) is 142 Å². The van der Waals surface area contributed by atoms with Crippen molar-refractivity contribution in [3.63, 3.8) is 0 Å². The Morgan fingerprint density at radius 1 is 0.280 bits per heavy atom. The van der Waals surface area contributed by atoms with Gasteiger partial charge in [0.15, 0.2) is 0 Å². The molecule has 0 heterocycles. The van der Waals surface area contributed by atoms with Crippen LogP contribution in [0.5, 0.6) is 0 Å². The van der Waals surface area contributed by atoms with Crippen molar-refractivity contribution in [1.82, 2.24) is 9.80 Å². The smallest absolute Gasteiger partial charge is 0.000672 e. The van der Waals surface area contributed by atoms with Crippen LogP contribution in [-0.4, -0.2) is 62.2 Å². The van der Waals surface area contributed by atoms with Crippen LogP contribution >= 0.6 is 0 Å². The topological polar surface area (TPSA) is 58.5 Å². The lowest BCUT2D eigenvalue weighted by Gasteiger charge is -2.24. The largest absolute Gasteiger partial charge is 0.330 e. The second-order valence-corrected chi connectivity index (χ2v) is 15.6.